The van der Waals surface area contributed by atoms with Crippen LogP contribution in [0.25, 0.3) is 11.1 Å². The van der Waals surface area contributed by atoms with Gasteiger partial charge in [0, 0.05) is 12.1 Å². The van der Waals surface area contributed by atoms with E-state index in [0.717, 1.165) is 35.8 Å². The SMILES string of the molecule is O=S1(=O)COc2cc(-c3ccc(OCc4cnc(C5CCNCC5)s4)c(F)c3)ccc21. The van der Waals surface area contributed by atoms with Gasteiger partial charge in [0.1, 0.15) is 17.3 Å². The summed E-state index contributed by atoms with van der Waals surface area (Å²) < 4.78 is 49.3. The first-order chi connectivity index (χ1) is 15.0. The molecule has 5 rings (SSSR count). The highest BCUT2D eigenvalue weighted by Crippen LogP contribution is 2.36. The summed E-state index contributed by atoms with van der Waals surface area (Å²) in [5.41, 5.74) is 1.29. The van der Waals surface area contributed by atoms with Crippen LogP contribution >= 0.6 is 11.3 Å². The van der Waals surface area contributed by atoms with Gasteiger partial charge in [-0.3, -0.25) is 0 Å². The molecule has 6 nitrogen and oxygen atoms in total. The number of hydrogen-bond acceptors (Lipinski definition) is 7. The van der Waals surface area contributed by atoms with Gasteiger partial charge in [0.25, 0.3) is 0 Å². The van der Waals surface area contributed by atoms with Crippen LogP contribution < -0.4 is 14.8 Å². The highest BCUT2D eigenvalue weighted by Gasteiger charge is 2.28. The number of ether oxygens (including phenoxy) is 2. The Morgan fingerprint density at radius 1 is 1.16 bits per heavy atom. The molecule has 3 aromatic rings. The second-order valence-corrected chi connectivity index (χ2v) is 10.7. The molecule has 1 fully saturated rings. The summed E-state index contributed by atoms with van der Waals surface area (Å²) in [6.45, 7) is 2.29. The van der Waals surface area contributed by atoms with E-state index in [0.29, 0.717) is 22.8 Å². The lowest BCUT2D eigenvalue weighted by Gasteiger charge is -2.20. The van der Waals surface area contributed by atoms with Gasteiger partial charge in [0.2, 0.25) is 9.84 Å². The molecule has 0 spiro atoms. The van der Waals surface area contributed by atoms with Gasteiger partial charge in [-0.2, -0.15) is 0 Å². The molecule has 3 heterocycles. The molecule has 0 saturated carbocycles. The van der Waals surface area contributed by atoms with Gasteiger partial charge in [-0.1, -0.05) is 12.1 Å². The number of piperidine rings is 1. The Hall–Kier alpha value is -2.49. The molecule has 9 heteroatoms. The van der Waals surface area contributed by atoms with Gasteiger partial charge in [-0.15, -0.1) is 11.3 Å². The predicted octanol–water partition coefficient (Wildman–Crippen LogP) is 4.12. The standard InChI is InChI=1S/C22H21FN2O4S2/c23-18-9-15(16-2-4-21-20(10-16)29-13-31(21,26)27)1-3-19(18)28-12-17-11-25-22(30-17)14-5-7-24-8-6-14/h1-4,9-11,14,24H,5-8,12-13H2. The van der Waals surface area contributed by atoms with Crippen LogP contribution in [-0.4, -0.2) is 32.4 Å². The Bertz CT molecular complexity index is 1220. The molecule has 2 aliphatic rings. The average molecular weight is 461 g/mol. The van der Waals surface area contributed by atoms with E-state index >= 15 is 0 Å². The lowest BCUT2D eigenvalue weighted by Crippen LogP contribution is -2.26. The number of fused-ring (bicyclic) bond motifs is 1. The zero-order valence-electron chi connectivity index (χ0n) is 16.6. The third kappa shape index (κ3) is 4.17. The Morgan fingerprint density at radius 2 is 1.94 bits per heavy atom. The molecule has 31 heavy (non-hydrogen) atoms. The molecule has 0 amide bonds. The zero-order valence-corrected chi connectivity index (χ0v) is 18.3. The van der Waals surface area contributed by atoms with Crippen molar-refractivity contribution in [3.05, 3.63) is 58.3 Å². The molecular weight excluding hydrogens is 439 g/mol. The topological polar surface area (TPSA) is 77.5 Å². The number of benzene rings is 2. The molecule has 0 bridgehead atoms. The highest BCUT2D eigenvalue weighted by molar-refractivity contribution is 7.91. The largest absolute Gasteiger partial charge is 0.485 e. The second kappa shape index (κ2) is 8.22. The highest BCUT2D eigenvalue weighted by atomic mass is 32.2. The summed E-state index contributed by atoms with van der Waals surface area (Å²) in [6, 6.07) is 9.49. The lowest BCUT2D eigenvalue weighted by atomic mass is 9.99. The van der Waals surface area contributed by atoms with Crippen molar-refractivity contribution in [1.29, 1.82) is 0 Å². The first kappa shape index (κ1) is 20.4. The molecule has 0 aliphatic carbocycles. The van der Waals surface area contributed by atoms with Crippen LogP contribution in [0.4, 0.5) is 4.39 Å². The minimum absolute atomic E-state index is 0.167. The van der Waals surface area contributed by atoms with E-state index in [2.05, 4.69) is 10.3 Å². The van der Waals surface area contributed by atoms with Gasteiger partial charge < -0.3 is 14.8 Å². The Morgan fingerprint density at radius 3 is 2.74 bits per heavy atom. The molecule has 0 atom stereocenters. The van der Waals surface area contributed by atoms with Crippen molar-refractivity contribution in [3.8, 4) is 22.6 Å². The van der Waals surface area contributed by atoms with E-state index in [4.69, 9.17) is 9.47 Å². The fourth-order valence-electron chi connectivity index (χ4n) is 3.86. The van der Waals surface area contributed by atoms with E-state index in [1.807, 2.05) is 6.20 Å². The fourth-order valence-corrected chi connectivity index (χ4v) is 5.96. The van der Waals surface area contributed by atoms with E-state index in [9.17, 15) is 12.8 Å². The van der Waals surface area contributed by atoms with Gasteiger partial charge >= 0.3 is 0 Å². The maximum absolute atomic E-state index is 14.7. The Balaban J connectivity index is 1.28. The third-order valence-electron chi connectivity index (χ3n) is 5.54. The number of sulfone groups is 1. The number of nitrogens with one attached hydrogen (secondary N) is 1. The van der Waals surface area contributed by atoms with Gasteiger partial charge in [-0.05, 0) is 61.3 Å². The van der Waals surface area contributed by atoms with Crippen molar-refractivity contribution in [3.63, 3.8) is 0 Å². The molecular formula is C22H21FN2O4S2. The first-order valence-corrected chi connectivity index (χ1v) is 12.5. The summed E-state index contributed by atoms with van der Waals surface area (Å²) in [4.78, 5) is 5.67. The molecule has 2 aliphatic heterocycles. The zero-order chi connectivity index (χ0) is 21.4. The molecule has 162 valence electrons. The van der Waals surface area contributed by atoms with Gasteiger partial charge in [-0.25, -0.2) is 17.8 Å². The smallest absolute Gasteiger partial charge is 0.216 e. The van der Waals surface area contributed by atoms with E-state index < -0.39 is 15.7 Å². The van der Waals surface area contributed by atoms with Crippen molar-refractivity contribution in [2.24, 2.45) is 0 Å². The van der Waals surface area contributed by atoms with Crippen LogP contribution in [0.2, 0.25) is 0 Å². The Kier molecular flexibility index (Phi) is 5.41. The molecule has 0 unspecified atom stereocenters. The summed E-state index contributed by atoms with van der Waals surface area (Å²) >= 11 is 1.63. The summed E-state index contributed by atoms with van der Waals surface area (Å²) in [5.74, 6) is 0.120. The first-order valence-electron chi connectivity index (χ1n) is 10.1. The van der Waals surface area contributed by atoms with Crippen LogP contribution in [0.1, 0.15) is 28.6 Å². The molecule has 2 aromatic carbocycles. The van der Waals surface area contributed by atoms with Crippen molar-refractivity contribution in [2.75, 3.05) is 19.0 Å². The van der Waals surface area contributed by atoms with Crippen LogP contribution in [-0.2, 0) is 16.4 Å². The van der Waals surface area contributed by atoms with Gasteiger partial charge in [0.15, 0.2) is 17.5 Å². The fraction of sp³-hybridized carbons (Fsp3) is 0.318. The molecule has 1 saturated heterocycles. The minimum atomic E-state index is -3.38. The number of aromatic nitrogens is 1. The molecule has 0 radical (unpaired) electrons. The monoisotopic (exact) mass is 460 g/mol. The predicted molar refractivity (Wildman–Crippen MR) is 116 cm³/mol. The maximum Gasteiger partial charge on any atom is 0.216 e. The summed E-state index contributed by atoms with van der Waals surface area (Å²) in [6.07, 6.45) is 3.99. The normalized spacial score (nSPS) is 17.8. The van der Waals surface area contributed by atoms with E-state index in [1.54, 1.807) is 35.6 Å². The number of thiazole rings is 1. The van der Waals surface area contributed by atoms with E-state index in [-0.39, 0.29) is 23.2 Å². The van der Waals surface area contributed by atoms with Crippen molar-refractivity contribution in [2.45, 2.75) is 30.3 Å². The maximum atomic E-state index is 14.7. The van der Waals surface area contributed by atoms with E-state index in [1.165, 1.54) is 12.1 Å². The minimum Gasteiger partial charge on any atom is -0.485 e. The second-order valence-electron chi connectivity index (χ2n) is 7.66. The number of nitrogens with zero attached hydrogens (tertiary/aromatic N) is 1. The van der Waals surface area contributed by atoms with Crippen molar-refractivity contribution in [1.82, 2.24) is 10.3 Å². The number of rotatable bonds is 5. The van der Waals surface area contributed by atoms with Crippen LogP contribution in [0.15, 0.2) is 47.5 Å². The number of hydrogen-bond donors (Lipinski definition) is 1. The third-order valence-corrected chi connectivity index (χ3v) is 8.11. The van der Waals surface area contributed by atoms with Gasteiger partial charge in [0.05, 0.1) is 9.88 Å². The van der Waals surface area contributed by atoms with Crippen LogP contribution in [0.5, 0.6) is 11.5 Å². The van der Waals surface area contributed by atoms with Crippen LogP contribution in [0, 0.1) is 5.82 Å². The van der Waals surface area contributed by atoms with Crippen molar-refractivity contribution >= 4 is 21.2 Å². The lowest BCUT2D eigenvalue weighted by molar-refractivity contribution is 0.293. The molecule has 1 aromatic heterocycles. The van der Waals surface area contributed by atoms with Crippen molar-refractivity contribution < 1.29 is 22.3 Å². The van der Waals surface area contributed by atoms with Crippen LogP contribution in [0.3, 0.4) is 0 Å². The quantitative estimate of drug-likeness (QED) is 0.617. The average Bonchev–Trinajstić information content (AvgIpc) is 3.38. The summed E-state index contributed by atoms with van der Waals surface area (Å²) in [7, 11) is -3.38. The molecule has 1 N–H and O–H groups in total. The summed E-state index contributed by atoms with van der Waals surface area (Å²) in [5, 5.41) is 4.47. The Labute approximate surface area is 184 Å². The number of halogens is 1.